The first-order valence-electron chi connectivity index (χ1n) is 30.3. The van der Waals surface area contributed by atoms with E-state index < -0.39 is 57.0 Å². The fraction of sp³-hybridized carbons (Fsp3) is 0.265. The molecule has 8 aromatic rings. The van der Waals surface area contributed by atoms with E-state index in [2.05, 4.69) is 9.97 Å². The van der Waals surface area contributed by atoms with Gasteiger partial charge in [0.2, 0.25) is 13.6 Å². The monoisotopic (exact) mass is 1460 g/mol. The van der Waals surface area contributed by atoms with Gasteiger partial charge in [-0.15, -0.1) is 8.94 Å². The summed E-state index contributed by atoms with van der Waals surface area (Å²) in [5.41, 5.74) is 2.22. The van der Waals surface area contributed by atoms with Crippen LogP contribution >= 0.6 is 0 Å². The number of imidazole rings is 2. The minimum absolute atomic E-state index is 0. The largest absolute Gasteiger partial charge is 1.00 e. The minimum atomic E-state index is -4.56. The summed E-state index contributed by atoms with van der Waals surface area (Å²) in [6, 6.07) is 30.0. The zero-order valence-corrected chi connectivity index (χ0v) is 63.8. The number of hydrogen-bond acceptors (Lipinski definition) is 24. The number of benzene rings is 6. The minimum Gasteiger partial charge on any atom is -0.545 e. The van der Waals surface area contributed by atoms with Gasteiger partial charge in [0.15, 0.2) is 36.2 Å². The van der Waals surface area contributed by atoms with Crippen LogP contribution in [0.5, 0.6) is 57.5 Å². The summed E-state index contributed by atoms with van der Waals surface area (Å²) in [5.74, 6) is -0.770. The Bertz CT molecular complexity index is 4250. The van der Waals surface area contributed by atoms with Gasteiger partial charge in [-0.2, -0.15) is 16.8 Å². The first kappa shape index (κ1) is 79.5. The van der Waals surface area contributed by atoms with Crippen molar-refractivity contribution >= 4 is 56.0 Å². The molecule has 2 aromatic heterocycles. The van der Waals surface area contributed by atoms with Crippen molar-refractivity contribution in [1.29, 1.82) is 0 Å². The van der Waals surface area contributed by atoms with E-state index in [1.165, 1.54) is 114 Å². The smallest absolute Gasteiger partial charge is 0.545 e. The van der Waals surface area contributed by atoms with Gasteiger partial charge in [0.1, 0.15) is 46.1 Å². The standard InChI is InChI=1S/2C34H35N3O11S.2K/c2*1-4-5-11-32-35-19-24(15-23(34(39)40)14-22-16-30-31(48-21-47-30)18-28(22)45-3)36(32)27-13-12-25(44-2)17-29(27)46-20-33(38)37(41)49(42,43)26-9-7-6-8-10-26;;/h2*6-10,12-13,15-19,41H,4-5,11,14,20-21H2,1-3H3,(H,39,40);;/q;;2*+1/p-2/b2*23-15+;;. The molecule has 0 radical (unpaired) electrons. The first-order valence-corrected chi connectivity index (χ1v) is 33.2. The molecule has 2 aliphatic rings. The first-order chi connectivity index (χ1) is 47.1. The Morgan fingerprint density at radius 1 is 0.520 bits per heavy atom. The van der Waals surface area contributed by atoms with E-state index in [1.54, 1.807) is 69.8 Å². The molecule has 0 atom stereocenters. The molecule has 28 nitrogen and oxygen atoms in total. The third kappa shape index (κ3) is 19.0. The number of nitrogens with zero attached hydrogens (tertiary/aromatic N) is 6. The number of rotatable bonds is 30. The van der Waals surface area contributed by atoms with Crippen LogP contribution < -0.4 is 160 Å². The summed E-state index contributed by atoms with van der Waals surface area (Å²) in [6.07, 6.45) is 9.86. The molecule has 2 aliphatic heterocycles. The van der Waals surface area contributed by atoms with Crippen molar-refractivity contribution in [2.24, 2.45) is 0 Å². The van der Waals surface area contributed by atoms with Crippen molar-refractivity contribution in [1.82, 2.24) is 28.0 Å². The maximum Gasteiger partial charge on any atom is 1.00 e. The predicted molar refractivity (Wildman–Crippen MR) is 345 cm³/mol. The van der Waals surface area contributed by atoms with E-state index in [9.17, 15) is 56.6 Å². The Hall–Kier alpha value is -7.81. The fourth-order valence-corrected chi connectivity index (χ4v) is 12.2. The van der Waals surface area contributed by atoms with Gasteiger partial charge in [-0.3, -0.25) is 29.1 Å². The van der Waals surface area contributed by atoms with Gasteiger partial charge in [-0.05, 0) is 96.8 Å². The van der Waals surface area contributed by atoms with Gasteiger partial charge in [-0.25, -0.2) is 9.97 Å². The van der Waals surface area contributed by atoms with Crippen molar-refractivity contribution < 1.29 is 207 Å². The second-order valence-corrected chi connectivity index (χ2v) is 25.1. The van der Waals surface area contributed by atoms with E-state index >= 15 is 0 Å². The fourth-order valence-electron chi connectivity index (χ4n) is 10.2. The van der Waals surface area contributed by atoms with Gasteiger partial charge in [0.25, 0.3) is 31.9 Å². The van der Waals surface area contributed by atoms with E-state index in [-0.39, 0.29) is 171 Å². The molecule has 0 saturated carbocycles. The van der Waals surface area contributed by atoms with Crippen LogP contribution in [-0.2, 0) is 64.9 Å². The van der Waals surface area contributed by atoms with Crippen LogP contribution in [0.4, 0.5) is 0 Å². The van der Waals surface area contributed by atoms with E-state index in [1.807, 2.05) is 13.8 Å². The van der Waals surface area contributed by atoms with Crippen LogP contribution in [0.2, 0.25) is 0 Å². The normalized spacial score (nSPS) is 12.2. The summed E-state index contributed by atoms with van der Waals surface area (Å²) in [7, 11) is -3.34. The third-order valence-corrected chi connectivity index (χ3v) is 18.2. The summed E-state index contributed by atoms with van der Waals surface area (Å²) < 4.78 is 109. The second kappa shape index (κ2) is 36.7. The molecule has 0 unspecified atom stereocenters. The maximum absolute atomic E-state index is 12.9. The molecule has 2 N–H and O–H groups in total. The molecule has 4 heterocycles. The van der Waals surface area contributed by atoms with E-state index in [0.717, 1.165) is 25.7 Å². The number of ether oxygens (including phenoxy) is 10. The molecule has 6 aromatic carbocycles. The molecular weight excluding hydrogens is 1400 g/mol. The van der Waals surface area contributed by atoms with Gasteiger partial charge >= 0.3 is 103 Å². The number of fused-ring (bicyclic) bond motifs is 2. The topological polar surface area (TPSA) is 358 Å². The number of hydrogen-bond donors (Lipinski definition) is 2. The zero-order valence-electron chi connectivity index (χ0n) is 55.9. The van der Waals surface area contributed by atoms with Gasteiger partial charge in [0, 0.05) is 61.1 Å². The molecule has 0 spiro atoms. The molecule has 2 amide bonds. The maximum atomic E-state index is 12.9. The van der Waals surface area contributed by atoms with Gasteiger partial charge in [-0.1, -0.05) is 63.1 Å². The molecule has 10 rings (SSSR count). The average molecular weight is 1460 g/mol. The number of carbonyl (C=O) groups is 4. The number of carboxylic acids is 2. The Balaban J connectivity index is 0.000000275. The summed E-state index contributed by atoms with van der Waals surface area (Å²) in [4.78, 5) is 59.3. The molecule has 100 heavy (non-hydrogen) atoms. The number of hydroxylamine groups is 2. The number of aliphatic carboxylic acids is 2. The Kier molecular flexibility index (Phi) is 29.2. The molecule has 516 valence electrons. The molecule has 0 saturated heterocycles. The van der Waals surface area contributed by atoms with E-state index in [0.29, 0.717) is 104 Å². The van der Waals surface area contributed by atoms with Gasteiger partial charge in [0.05, 0.1) is 85.3 Å². The number of carbonyl (C=O) groups excluding carboxylic acids is 4. The van der Waals surface area contributed by atoms with Crippen LogP contribution in [0.25, 0.3) is 23.5 Å². The number of methoxy groups -OCH3 is 4. The van der Waals surface area contributed by atoms with Crippen molar-refractivity contribution in [3.8, 4) is 68.9 Å². The van der Waals surface area contributed by atoms with Crippen molar-refractivity contribution in [3.05, 3.63) is 179 Å². The number of carboxylic acid groups (broad SMARTS) is 2. The number of aryl methyl sites for hydroxylation is 2. The number of sulfonamides is 2. The van der Waals surface area contributed by atoms with Crippen LogP contribution in [0.3, 0.4) is 0 Å². The molecule has 0 aliphatic carbocycles. The Morgan fingerprint density at radius 2 is 0.880 bits per heavy atom. The van der Waals surface area contributed by atoms with Crippen molar-refractivity contribution in [3.63, 3.8) is 0 Å². The Morgan fingerprint density at radius 3 is 1.21 bits per heavy atom. The summed E-state index contributed by atoms with van der Waals surface area (Å²) in [6.45, 7) is 2.34. The van der Waals surface area contributed by atoms with Crippen molar-refractivity contribution in [2.45, 2.75) is 75.0 Å². The van der Waals surface area contributed by atoms with Crippen LogP contribution in [0.15, 0.2) is 155 Å². The van der Waals surface area contributed by atoms with Gasteiger partial charge < -0.3 is 67.2 Å². The molecule has 32 heteroatoms. The number of unbranched alkanes of at least 4 members (excludes halogenated alkanes) is 2. The average Bonchev–Trinajstić information content (AvgIpc) is 1.57. The quantitative estimate of drug-likeness (QED) is 0.0270. The van der Waals surface area contributed by atoms with Crippen LogP contribution in [-0.4, -0.2) is 134 Å². The molecular formula is C68H68K2N6O22S2. The summed E-state index contributed by atoms with van der Waals surface area (Å²) in [5, 5.41) is 45.7. The van der Waals surface area contributed by atoms with Crippen molar-refractivity contribution in [2.75, 3.05) is 55.2 Å². The Labute approximate surface area is 661 Å². The summed E-state index contributed by atoms with van der Waals surface area (Å²) >= 11 is 0. The number of amides is 2. The number of aromatic nitrogens is 4. The van der Waals surface area contributed by atoms with Crippen LogP contribution in [0.1, 0.15) is 73.7 Å². The van der Waals surface area contributed by atoms with E-state index in [4.69, 9.17) is 47.4 Å². The third-order valence-electron chi connectivity index (χ3n) is 15.2. The zero-order chi connectivity index (χ0) is 70.3. The molecule has 0 bridgehead atoms. The second-order valence-electron chi connectivity index (χ2n) is 21.5. The predicted octanol–water partition coefficient (Wildman–Crippen LogP) is 0.653. The SMILES string of the molecule is CCCCc1ncc(/C=C(\Cc2cc3c(cc2OC)OCO3)C(=O)[O-])n1-c1ccc(OC)cc1OCC(=O)N(O)S(=O)(=O)c1ccccc1.CCCCc1ncc(/C=C(\Cc2cc3c(cc2OC)OCO3)C(=O)[O-])n1-c1ccc(OC)cc1OCC(=O)N(O)S(=O)(=O)c1ccccc1.[K+].[K+]. The van der Waals surface area contributed by atoms with Crippen LogP contribution in [0, 0.1) is 0 Å². The molecule has 0 fully saturated rings.